The molecule has 2 heteroatoms. The number of rotatable bonds is 2. The number of hydrogen-bond acceptors (Lipinski definition) is 2. The standard InChI is InChI=1S/C12H24N2/c1-12(2)7-11(8-12)14-10-5-3-9(13)4-6-10/h9-11,14H,3-8,13H2,1-2H3. The third-order valence-electron chi connectivity index (χ3n) is 3.84. The first-order chi connectivity index (χ1) is 6.55. The van der Waals surface area contributed by atoms with Gasteiger partial charge in [0.2, 0.25) is 0 Å². The minimum atomic E-state index is 0.478. The molecule has 0 heterocycles. The van der Waals surface area contributed by atoms with Crippen molar-refractivity contribution in [1.29, 1.82) is 0 Å². The van der Waals surface area contributed by atoms with Gasteiger partial charge in [-0.1, -0.05) is 13.8 Å². The van der Waals surface area contributed by atoms with Gasteiger partial charge in [0.1, 0.15) is 0 Å². The molecular formula is C12H24N2. The Bertz CT molecular complexity index is 184. The van der Waals surface area contributed by atoms with E-state index in [1.807, 2.05) is 0 Å². The monoisotopic (exact) mass is 196 g/mol. The fourth-order valence-corrected chi connectivity index (χ4v) is 3.01. The molecule has 0 unspecified atom stereocenters. The van der Waals surface area contributed by atoms with Crippen LogP contribution in [-0.2, 0) is 0 Å². The molecule has 82 valence electrons. The van der Waals surface area contributed by atoms with Crippen molar-refractivity contribution in [1.82, 2.24) is 5.32 Å². The lowest BCUT2D eigenvalue weighted by Gasteiger charge is -2.45. The summed E-state index contributed by atoms with van der Waals surface area (Å²) in [6.07, 6.45) is 7.73. The molecule has 0 amide bonds. The minimum absolute atomic E-state index is 0.478. The highest BCUT2D eigenvalue weighted by Crippen LogP contribution is 2.40. The fourth-order valence-electron chi connectivity index (χ4n) is 3.01. The van der Waals surface area contributed by atoms with Crippen LogP contribution in [0.15, 0.2) is 0 Å². The molecule has 0 aromatic carbocycles. The van der Waals surface area contributed by atoms with Crippen LogP contribution in [0.25, 0.3) is 0 Å². The predicted octanol–water partition coefficient (Wildman–Crippen LogP) is 2.03. The summed E-state index contributed by atoms with van der Waals surface area (Å²) < 4.78 is 0. The lowest BCUT2D eigenvalue weighted by molar-refractivity contribution is 0.109. The van der Waals surface area contributed by atoms with Gasteiger partial charge in [0.25, 0.3) is 0 Å². The third-order valence-corrected chi connectivity index (χ3v) is 3.84. The highest BCUT2D eigenvalue weighted by molar-refractivity contribution is 4.94. The molecule has 0 aromatic rings. The lowest BCUT2D eigenvalue weighted by Crippen LogP contribution is -2.51. The van der Waals surface area contributed by atoms with Gasteiger partial charge in [-0.3, -0.25) is 0 Å². The van der Waals surface area contributed by atoms with E-state index in [0.717, 1.165) is 12.1 Å². The summed E-state index contributed by atoms with van der Waals surface area (Å²) in [7, 11) is 0. The van der Waals surface area contributed by atoms with Crippen molar-refractivity contribution in [2.24, 2.45) is 11.1 Å². The lowest BCUT2D eigenvalue weighted by atomic mass is 9.68. The zero-order chi connectivity index (χ0) is 10.2. The maximum Gasteiger partial charge on any atom is 0.00798 e. The van der Waals surface area contributed by atoms with Gasteiger partial charge in [-0.05, 0) is 43.9 Å². The fraction of sp³-hybridized carbons (Fsp3) is 1.00. The maximum atomic E-state index is 5.89. The van der Waals surface area contributed by atoms with Gasteiger partial charge >= 0.3 is 0 Å². The average Bonchev–Trinajstić information content (AvgIpc) is 2.06. The van der Waals surface area contributed by atoms with Crippen LogP contribution in [0.5, 0.6) is 0 Å². The Labute approximate surface area is 87.6 Å². The Morgan fingerprint density at radius 2 is 1.57 bits per heavy atom. The molecule has 0 spiro atoms. The van der Waals surface area contributed by atoms with Crippen molar-refractivity contribution in [3.63, 3.8) is 0 Å². The highest BCUT2D eigenvalue weighted by Gasteiger charge is 2.37. The molecule has 2 nitrogen and oxygen atoms in total. The Morgan fingerprint density at radius 1 is 1.00 bits per heavy atom. The van der Waals surface area contributed by atoms with Crippen LogP contribution in [0.1, 0.15) is 52.4 Å². The predicted molar refractivity (Wildman–Crippen MR) is 60.2 cm³/mol. The molecular weight excluding hydrogens is 172 g/mol. The van der Waals surface area contributed by atoms with E-state index in [0.29, 0.717) is 11.5 Å². The van der Waals surface area contributed by atoms with Crippen LogP contribution in [-0.4, -0.2) is 18.1 Å². The molecule has 0 aromatic heterocycles. The number of hydrogen-bond donors (Lipinski definition) is 2. The van der Waals surface area contributed by atoms with Gasteiger partial charge in [0, 0.05) is 18.1 Å². The summed E-state index contributed by atoms with van der Waals surface area (Å²) in [6.45, 7) is 4.73. The normalized spacial score (nSPS) is 37.9. The first-order valence-electron chi connectivity index (χ1n) is 6.07. The summed E-state index contributed by atoms with van der Waals surface area (Å²) in [6, 6.07) is 2.03. The van der Waals surface area contributed by atoms with Crippen LogP contribution >= 0.6 is 0 Å². The van der Waals surface area contributed by atoms with Crippen LogP contribution in [0.2, 0.25) is 0 Å². The number of nitrogens with one attached hydrogen (secondary N) is 1. The average molecular weight is 196 g/mol. The zero-order valence-electron chi connectivity index (χ0n) is 9.55. The van der Waals surface area contributed by atoms with Gasteiger partial charge in [-0.2, -0.15) is 0 Å². The quantitative estimate of drug-likeness (QED) is 0.709. The van der Waals surface area contributed by atoms with Crippen LogP contribution in [0, 0.1) is 5.41 Å². The molecule has 0 saturated heterocycles. The van der Waals surface area contributed by atoms with E-state index >= 15 is 0 Å². The van der Waals surface area contributed by atoms with Crippen molar-refractivity contribution < 1.29 is 0 Å². The van der Waals surface area contributed by atoms with Crippen LogP contribution in [0.4, 0.5) is 0 Å². The van der Waals surface area contributed by atoms with Crippen LogP contribution < -0.4 is 11.1 Å². The maximum absolute atomic E-state index is 5.89. The van der Waals surface area contributed by atoms with Crippen LogP contribution in [0.3, 0.4) is 0 Å². The molecule has 0 bridgehead atoms. The second-order valence-corrected chi connectivity index (χ2v) is 6.05. The van der Waals surface area contributed by atoms with Gasteiger partial charge in [0.15, 0.2) is 0 Å². The third kappa shape index (κ3) is 2.48. The Balaban J connectivity index is 1.67. The smallest absolute Gasteiger partial charge is 0.00798 e. The first-order valence-corrected chi connectivity index (χ1v) is 6.07. The summed E-state index contributed by atoms with van der Waals surface area (Å²) in [5.74, 6) is 0. The van der Waals surface area contributed by atoms with Gasteiger partial charge in [0.05, 0.1) is 0 Å². The van der Waals surface area contributed by atoms with Gasteiger partial charge in [-0.15, -0.1) is 0 Å². The van der Waals surface area contributed by atoms with E-state index in [1.54, 1.807) is 0 Å². The summed E-state index contributed by atoms with van der Waals surface area (Å²) in [5, 5.41) is 3.78. The van der Waals surface area contributed by atoms with Crippen molar-refractivity contribution in [3.05, 3.63) is 0 Å². The Morgan fingerprint density at radius 3 is 2.07 bits per heavy atom. The molecule has 2 aliphatic rings. The van der Waals surface area contributed by atoms with Crippen molar-refractivity contribution in [2.45, 2.75) is 70.5 Å². The molecule has 3 N–H and O–H groups in total. The molecule has 0 radical (unpaired) electrons. The zero-order valence-corrected chi connectivity index (χ0v) is 9.55. The first kappa shape index (κ1) is 10.4. The molecule has 0 atom stereocenters. The summed E-state index contributed by atoms with van der Waals surface area (Å²) in [5.41, 5.74) is 6.49. The van der Waals surface area contributed by atoms with E-state index in [9.17, 15) is 0 Å². The Hall–Kier alpha value is -0.0800. The second-order valence-electron chi connectivity index (χ2n) is 6.05. The van der Waals surface area contributed by atoms with E-state index in [1.165, 1.54) is 38.5 Å². The van der Waals surface area contributed by atoms with E-state index < -0.39 is 0 Å². The second kappa shape index (κ2) is 3.82. The molecule has 14 heavy (non-hydrogen) atoms. The molecule has 2 aliphatic carbocycles. The topological polar surface area (TPSA) is 38.0 Å². The molecule has 2 fully saturated rings. The Kier molecular flexibility index (Phi) is 2.85. The highest BCUT2D eigenvalue weighted by atomic mass is 15.0. The largest absolute Gasteiger partial charge is 0.328 e. The van der Waals surface area contributed by atoms with Crippen molar-refractivity contribution in [3.8, 4) is 0 Å². The van der Waals surface area contributed by atoms with E-state index in [2.05, 4.69) is 19.2 Å². The molecule has 0 aliphatic heterocycles. The summed E-state index contributed by atoms with van der Waals surface area (Å²) in [4.78, 5) is 0. The van der Waals surface area contributed by atoms with Gasteiger partial charge < -0.3 is 11.1 Å². The van der Waals surface area contributed by atoms with Gasteiger partial charge in [-0.25, -0.2) is 0 Å². The van der Waals surface area contributed by atoms with Crippen molar-refractivity contribution in [2.75, 3.05) is 0 Å². The number of nitrogens with two attached hydrogens (primary N) is 1. The van der Waals surface area contributed by atoms with E-state index in [-0.39, 0.29) is 0 Å². The molecule has 2 rings (SSSR count). The van der Waals surface area contributed by atoms with E-state index in [4.69, 9.17) is 5.73 Å². The molecule has 2 saturated carbocycles. The van der Waals surface area contributed by atoms with Crippen molar-refractivity contribution >= 4 is 0 Å². The minimum Gasteiger partial charge on any atom is -0.328 e. The summed E-state index contributed by atoms with van der Waals surface area (Å²) >= 11 is 0. The SMILES string of the molecule is CC1(C)CC(NC2CCC(N)CC2)C1.